The van der Waals surface area contributed by atoms with Crippen molar-refractivity contribution in [2.24, 2.45) is 0 Å². The molecule has 14 heavy (non-hydrogen) atoms. The summed E-state index contributed by atoms with van der Waals surface area (Å²) in [6.07, 6.45) is 3.10. The molecule has 0 N–H and O–H groups in total. The summed E-state index contributed by atoms with van der Waals surface area (Å²) in [5.74, 6) is -0.0211. The van der Waals surface area contributed by atoms with Gasteiger partial charge in [0.15, 0.2) is 0 Å². The van der Waals surface area contributed by atoms with Crippen molar-refractivity contribution in [3.8, 4) is 0 Å². The zero-order valence-electron chi connectivity index (χ0n) is 8.53. The second kappa shape index (κ2) is 3.65. The summed E-state index contributed by atoms with van der Waals surface area (Å²) < 4.78 is 13.7. The SMILES string of the molecule is Cc1cc(F)c2c(c1C)C(Br)CCC2. The van der Waals surface area contributed by atoms with E-state index in [9.17, 15) is 4.39 Å². The molecule has 2 heteroatoms. The minimum Gasteiger partial charge on any atom is -0.207 e. The van der Waals surface area contributed by atoms with Crippen molar-refractivity contribution >= 4 is 15.9 Å². The molecule has 1 aliphatic carbocycles. The standard InChI is InChI=1S/C12H14BrF/c1-7-6-11(14)9-4-3-5-10(13)12(9)8(7)2/h6,10H,3-5H2,1-2H3. The fourth-order valence-corrected chi connectivity index (χ4v) is 3.18. The summed E-state index contributed by atoms with van der Waals surface area (Å²) in [6.45, 7) is 4.07. The molecule has 0 aromatic heterocycles. The van der Waals surface area contributed by atoms with Gasteiger partial charge < -0.3 is 0 Å². The van der Waals surface area contributed by atoms with Crippen LogP contribution in [0.25, 0.3) is 0 Å². The van der Waals surface area contributed by atoms with Crippen molar-refractivity contribution in [3.63, 3.8) is 0 Å². The molecular weight excluding hydrogens is 243 g/mol. The second-order valence-electron chi connectivity index (χ2n) is 4.05. The Labute approximate surface area is 92.6 Å². The Balaban J connectivity index is 2.67. The first-order chi connectivity index (χ1) is 6.61. The first-order valence-corrected chi connectivity index (χ1v) is 5.95. The molecule has 0 spiro atoms. The summed E-state index contributed by atoms with van der Waals surface area (Å²) >= 11 is 3.64. The van der Waals surface area contributed by atoms with E-state index in [1.54, 1.807) is 6.07 Å². The maximum atomic E-state index is 13.7. The monoisotopic (exact) mass is 256 g/mol. The average Bonchev–Trinajstić information content (AvgIpc) is 2.14. The van der Waals surface area contributed by atoms with Crippen molar-refractivity contribution in [3.05, 3.63) is 34.1 Å². The second-order valence-corrected chi connectivity index (χ2v) is 5.16. The van der Waals surface area contributed by atoms with Crippen molar-refractivity contribution in [1.29, 1.82) is 0 Å². The molecule has 0 radical (unpaired) electrons. The fourth-order valence-electron chi connectivity index (χ4n) is 2.23. The van der Waals surface area contributed by atoms with E-state index in [0.29, 0.717) is 4.83 Å². The number of aryl methyl sites for hydroxylation is 1. The van der Waals surface area contributed by atoms with Gasteiger partial charge in [-0.1, -0.05) is 15.9 Å². The third-order valence-electron chi connectivity index (χ3n) is 3.15. The van der Waals surface area contributed by atoms with Gasteiger partial charge in [0.05, 0.1) is 0 Å². The third kappa shape index (κ3) is 1.50. The number of hydrogen-bond acceptors (Lipinski definition) is 0. The fraction of sp³-hybridized carbons (Fsp3) is 0.500. The van der Waals surface area contributed by atoms with Crippen LogP contribution < -0.4 is 0 Å². The zero-order valence-corrected chi connectivity index (χ0v) is 10.1. The highest BCUT2D eigenvalue weighted by molar-refractivity contribution is 9.09. The predicted octanol–water partition coefficient (Wildman–Crippen LogP) is 4.21. The predicted molar refractivity (Wildman–Crippen MR) is 60.5 cm³/mol. The van der Waals surface area contributed by atoms with Crippen LogP contribution >= 0.6 is 15.9 Å². The number of fused-ring (bicyclic) bond motifs is 1. The van der Waals surface area contributed by atoms with Crippen LogP contribution in [0.4, 0.5) is 4.39 Å². The van der Waals surface area contributed by atoms with Crippen molar-refractivity contribution in [2.45, 2.75) is 37.9 Å². The molecule has 0 heterocycles. The molecule has 0 aliphatic heterocycles. The van der Waals surface area contributed by atoms with E-state index < -0.39 is 0 Å². The summed E-state index contributed by atoms with van der Waals surface area (Å²) in [5.41, 5.74) is 4.45. The summed E-state index contributed by atoms with van der Waals surface area (Å²) in [4.78, 5) is 0.348. The Morgan fingerprint density at radius 2 is 2.14 bits per heavy atom. The molecular formula is C12H14BrF. The highest BCUT2D eigenvalue weighted by atomic mass is 79.9. The van der Waals surface area contributed by atoms with Gasteiger partial charge in [-0.25, -0.2) is 4.39 Å². The summed E-state index contributed by atoms with van der Waals surface area (Å²) in [6, 6.07) is 1.67. The van der Waals surface area contributed by atoms with Crippen LogP contribution in [-0.2, 0) is 6.42 Å². The molecule has 76 valence electrons. The Kier molecular flexibility index (Phi) is 2.65. The molecule has 1 aromatic carbocycles. The molecule has 2 rings (SSSR count). The van der Waals surface area contributed by atoms with Gasteiger partial charge in [-0.15, -0.1) is 0 Å². The van der Waals surface area contributed by atoms with E-state index in [0.717, 1.165) is 30.4 Å². The molecule has 0 saturated carbocycles. The Morgan fingerprint density at radius 1 is 1.43 bits per heavy atom. The largest absolute Gasteiger partial charge is 0.207 e. The normalized spacial score (nSPS) is 20.7. The highest BCUT2D eigenvalue weighted by Gasteiger charge is 2.23. The van der Waals surface area contributed by atoms with Crippen LogP contribution in [-0.4, -0.2) is 0 Å². The molecule has 0 nitrogen and oxygen atoms in total. The first kappa shape index (κ1) is 10.2. The van der Waals surface area contributed by atoms with Crippen LogP contribution in [0, 0.1) is 19.7 Å². The number of benzene rings is 1. The van der Waals surface area contributed by atoms with Gasteiger partial charge >= 0.3 is 0 Å². The van der Waals surface area contributed by atoms with Crippen LogP contribution in [0.1, 0.15) is 39.9 Å². The molecule has 0 amide bonds. The zero-order chi connectivity index (χ0) is 10.3. The quantitative estimate of drug-likeness (QED) is 0.610. The number of rotatable bonds is 0. The van der Waals surface area contributed by atoms with E-state index >= 15 is 0 Å². The summed E-state index contributed by atoms with van der Waals surface area (Å²) in [5, 5.41) is 0. The lowest BCUT2D eigenvalue weighted by Crippen LogP contribution is -2.10. The van der Waals surface area contributed by atoms with E-state index in [1.165, 1.54) is 11.1 Å². The van der Waals surface area contributed by atoms with Gasteiger partial charge in [-0.2, -0.15) is 0 Å². The van der Waals surface area contributed by atoms with Gasteiger partial charge in [0, 0.05) is 4.83 Å². The van der Waals surface area contributed by atoms with Gasteiger partial charge in [-0.3, -0.25) is 0 Å². The topological polar surface area (TPSA) is 0 Å². The van der Waals surface area contributed by atoms with Crippen LogP contribution in [0.3, 0.4) is 0 Å². The van der Waals surface area contributed by atoms with Crippen LogP contribution in [0.5, 0.6) is 0 Å². The summed E-state index contributed by atoms with van der Waals surface area (Å²) in [7, 11) is 0. The lowest BCUT2D eigenvalue weighted by Gasteiger charge is -2.24. The number of alkyl halides is 1. The van der Waals surface area contributed by atoms with Crippen molar-refractivity contribution in [1.82, 2.24) is 0 Å². The minimum absolute atomic E-state index is 0.0211. The van der Waals surface area contributed by atoms with Crippen LogP contribution in [0.15, 0.2) is 6.07 Å². The van der Waals surface area contributed by atoms with Crippen molar-refractivity contribution in [2.75, 3.05) is 0 Å². The Hall–Kier alpha value is -0.370. The Bertz CT molecular complexity index is 371. The van der Waals surface area contributed by atoms with E-state index in [1.807, 2.05) is 6.92 Å². The number of halogens is 2. The smallest absolute Gasteiger partial charge is 0.126 e. The van der Waals surface area contributed by atoms with Gasteiger partial charge in [0.25, 0.3) is 0 Å². The Morgan fingerprint density at radius 3 is 2.86 bits per heavy atom. The highest BCUT2D eigenvalue weighted by Crippen LogP contribution is 2.40. The van der Waals surface area contributed by atoms with E-state index in [-0.39, 0.29) is 5.82 Å². The molecule has 1 unspecified atom stereocenters. The minimum atomic E-state index is -0.0211. The molecule has 1 atom stereocenters. The van der Waals surface area contributed by atoms with Crippen LogP contribution in [0.2, 0.25) is 0 Å². The lowest BCUT2D eigenvalue weighted by molar-refractivity contribution is 0.574. The molecule has 1 aromatic rings. The molecule has 1 aliphatic rings. The average molecular weight is 257 g/mol. The molecule has 0 bridgehead atoms. The number of hydrogen-bond donors (Lipinski definition) is 0. The van der Waals surface area contributed by atoms with Crippen molar-refractivity contribution < 1.29 is 4.39 Å². The first-order valence-electron chi connectivity index (χ1n) is 5.04. The van der Waals surface area contributed by atoms with Gasteiger partial charge in [0.2, 0.25) is 0 Å². The van der Waals surface area contributed by atoms with Gasteiger partial charge in [-0.05, 0) is 61.4 Å². The molecule has 0 saturated heterocycles. The maximum absolute atomic E-state index is 13.7. The lowest BCUT2D eigenvalue weighted by atomic mass is 9.86. The van der Waals surface area contributed by atoms with Gasteiger partial charge in [0.1, 0.15) is 5.82 Å². The maximum Gasteiger partial charge on any atom is 0.126 e. The molecule has 0 fully saturated rings. The van der Waals surface area contributed by atoms with E-state index in [2.05, 4.69) is 22.9 Å². The van der Waals surface area contributed by atoms with E-state index in [4.69, 9.17) is 0 Å². The third-order valence-corrected chi connectivity index (χ3v) is 4.07.